The van der Waals surface area contributed by atoms with E-state index in [0.717, 1.165) is 5.56 Å². The van der Waals surface area contributed by atoms with Crippen LogP contribution in [-0.2, 0) is 0 Å². The Kier molecular flexibility index (Phi) is 5.29. The Labute approximate surface area is 156 Å². The largest absolute Gasteiger partial charge is 0.493 e. The van der Waals surface area contributed by atoms with Gasteiger partial charge in [-0.2, -0.15) is 5.26 Å². The smallest absolute Gasteiger partial charge is 0.203 e. The number of benzene rings is 2. The maximum atomic E-state index is 10.8. The van der Waals surface area contributed by atoms with Crippen molar-refractivity contribution in [3.63, 3.8) is 0 Å². The number of aromatic amines is 1. The number of nitriles is 1. The molecule has 0 aliphatic heterocycles. The first-order valence-electron chi connectivity index (χ1n) is 8.14. The summed E-state index contributed by atoms with van der Waals surface area (Å²) in [5, 5.41) is 19.7. The minimum absolute atomic E-state index is 0.456. The fraction of sp³-hybridized carbons (Fsp3) is 0.200. The predicted molar refractivity (Wildman–Crippen MR) is 98.9 cm³/mol. The Morgan fingerprint density at radius 1 is 1.04 bits per heavy atom. The summed E-state index contributed by atoms with van der Waals surface area (Å²) in [5.74, 6) is 1.97. The van der Waals surface area contributed by atoms with Gasteiger partial charge in [-0.15, -0.1) is 0 Å². The molecule has 0 amide bonds. The molecule has 1 atom stereocenters. The summed E-state index contributed by atoms with van der Waals surface area (Å²) in [7, 11) is 4.56. The Morgan fingerprint density at radius 2 is 1.67 bits per heavy atom. The van der Waals surface area contributed by atoms with Crippen molar-refractivity contribution in [3.8, 4) is 34.7 Å². The number of rotatable bonds is 6. The van der Waals surface area contributed by atoms with Gasteiger partial charge < -0.3 is 24.3 Å². The van der Waals surface area contributed by atoms with Crippen LogP contribution in [0.5, 0.6) is 17.2 Å². The van der Waals surface area contributed by atoms with Crippen LogP contribution in [0.15, 0.2) is 42.6 Å². The van der Waals surface area contributed by atoms with Crippen LogP contribution in [0.3, 0.4) is 0 Å². The second-order valence-corrected chi connectivity index (χ2v) is 5.74. The Balaban J connectivity index is 1.93. The van der Waals surface area contributed by atoms with E-state index in [1.54, 1.807) is 42.6 Å². The molecule has 0 bridgehead atoms. The molecule has 1 aromatic heterocycles. The van der Waals surface area contributed by atoms with Crippen molar-refractivity contribution in [3.05, 3.63) is 59.4 Å². The van der Waals surface area contributed by atoms with E-state index in [-0.39, 0.29) is 0 Å². The number of nitrogens with one attached hydrogen (secondary N) is 1. The molecule has 0 aliphatic rings. The number of aromatic nitrogens is 2. The van der Waals surface area contributed by atoms with Gasteiger partial charge in [-0.05, 0) is 42.0 Å². The molecule has 7 heteroatoms. The number of aliphatic hydroxyl groups is 1. The lowest BCUT2D eigenvalue weighted by molar-refractivity contribution is 0.214. The highest BCUT2D eigenvalue weighted by Crippen LogP contribution is 2.40. The molecular formula is C20H19N3O4. The van der Waals surface area contributed by atoms with Gasteiger partial charge in [-0.1, -0.05) is 0 Å². The molecule has 0 aliphatic carbocycles. The van der Waals surface area contributed by atoms with E-state index in [2.05, 4.69) is 16.0 Å². The van der Waals surface area contributed by atoms with E-state index in [1.807, 2.05) is 0 Å². The lowest BCUT2D eigenvalue weighted by atomic mass is 10.1. The molecule has 7 nitrogen and oxygen atoms in total. The predicted octanol–water partition coefficient (Wildman–Crippen LogP) is 3.06. The van der Waals surface area contributed by atoms with Gasteiger partial charge >= 0.3 is 0 Å². The normalized spacial score (nSPS) is 11.5. The maximum absolute atomic E-state index is 10.8. The van der Waals surface area contributed by atoms with Crippen molar-refractivity contribution in [2.75, 3.05) is 21.3 Å². The van der Waals surface area contributed by atoms with Gasteiger partial charge in [-0.25, -0.2) is 4.98 Å². The maximum Gasteiger partial charge on any atom is 0.203 e. The van der Waals surface area contributed by atoms with Crippen LogP contribution >= 0.6 is 0 Å². The molecule has 2 N–H and O–H groups in total. The quantitative estimate of drug-likeness (QED) is 0.696. The lowest BCUT2D eigenvalue weighted by Crippen LogP contribution is -2.03. The van der Waals surface area contributed by atoms with Gasteiger partial charge in [0, 0.05) is 5.56 Å². The zero-order chi connectivity index (χ0) is 19.4. The van der Waals surface area contributed by atoms with Crippen LogP contribution in [0.2, 0.25) is 0 Å². The Bertz CT molecular complexity index is 949. The molecule has 27 heavy (non-hydrogen) atoms. The number of ether oxygens (including phenoxy) is 3. The van der Waals surface area contributed by atoms with E-state index in [1.165, 1.54) is 21.3 Å². The standard InChI is InChI=1S/C20H19N3O4/c1-25-16-8-14(9-17(26-2)19(16)27-3)18(24)15-11-22-20(23-15)13-6-4-12(10-21)5-7-13/h4-9,11,18,24H,1-3H3,(H,22,23). The Hall–Kier alpha value is -3.50. The van der Waals surface area contributed by atoms with Gasteiger partial charge in [0.05, 0.1) is 44.9 Å². The average molecular weight is 365 g/mol. The highest BCUT2D eigenvalue weighted by molar-refractivity contribution is 5.58. The fourth-order valence-corrected chi connectivity index (χ4v) is 2.76. The molecule has 0 spiro atoms. The monoisotopic (exact) mass is 365 g/mol. The number of hydrogen-bond donors (Lipinski definition) is 2. The highest BCUT2D eigenvalue weighted by atomic mass is 16.5. The minimum Gasteiger partial charge on any atom is -0.493 e. The van der Waals surface area contributed by atoms with Crippen molar-refractivity contribution < 1.29 is 19.3 Å². The second-order valence-electron chi connectivity index (χ2n) is 5.74. The average Bonchev–Trinajstić information content (AvgIpc) is 3.22. The first-order valence-corrected chi connectivity index (χ1v) is 8.14. The number of H-pyrrole nitrogens is 1. The summed E-state index contributed by atoms with van der Waals surface area (Å²) < 4.78 is 16.0. The topological polar surface area (TPSA) is 100 Å². The van der Waals surface area contributed by atoms with Crippen molar-refractivity contribution >= 4 is 0 Å². The number of methoxy groups -OCH3 is 3. The van der Waals surface area contributed by atoms with Crippen LogP contribution in [0.4, 0.5) is 0 Å². The van der Waals surface area contributed by atoms with E-state index < -0.39 is 6.10 Å². The molecule has 1 unspecified atom stereocenters. The molecule has 0 fully saturated rings. The van der Waals surface area contributed by atoms with E-state index >= 15 is 0 Å². The van der Waals surface area contributed by atoms with Crippen molar-refractivity contribution in [2.45, 2.75) is 6.10 Å². The van der Waals surface area contributed by atoms with Crippen LogP contribution in [0, 0.1) is 11.3 Å². The molecule has 3 rings (SSSR count). The summed E-state index contributed by atoms with van der Waals surface area (Å²) in [6.07, 6.45) is 0.611. The molecule has 2 aromatic carbocycles. The van der Waals surface area contributed by atoms with E-state index in [9.17, 15) is 5.11 Å². The SMILES string of the molecule is COc1cc(C(O)c2cnc(-c3ccc(C#N)cc3)[nH]2)cc(OC)c1OC. The van der Waals surface area contributed by atoms with Gasteiger partial charge in [0.1, 0.15) is 11.9 Å². The van der Waals surface area contributed by atoms with Crippen LogP contribution in [0.1, 0.15) is 22.9 Å². The first-order chi connectivity index (χ1) is 13.1. The Morgan fingerprint density at radius 3 is 2.19 bits per heavy atom. The summed E-state index contributed by atoms with van der Waals surface area (Å²) >= 11 is 0. The number of nitrogens with zero attached hydrogens (tertiary/aromatic N) is 2. The third kappa shape index (κ3) is 3.57. The summed E-state index contributed by atoms with van der Waals surface area (Å²) in [6, 6.07) is 12.5. The molecule has 3 aromatic rings. The van der Waals surface area contributed by atoms with E-state index in [0.29, 0.717) is 39.9 Å². The van der Waals surface area contributed by atoms with Crippen molar-refractivity contribution in [1.29, 1.82) is 5.26 Å². The molecule has 1 heterocycles. The van der Waals surface area contributed by atoms with Crippen molar-refractivity contribution in [2.24, 2.45) is 0 Å². The zero-order valence-corrected chi connectivity index (χ0v) is 15.2. The molecule has 138 valence electrons. The number of imidazole rings is 1. The summed E-state index contributed by atoms with van der Waals surface area (Å²) in [4.78, 5) is 7.43. The molecule has 0 saturated carbocycles. The van der Waals surface area contributed by atoms with Crippen LogP contribution in [-0.4, -0.2) is 36.4 Å². The minimum atomic E-state index is -0.960. The molecule has 0 radical (unpaired) electrons. The molecule has 0 saturated heterocycles. The highest BCUT2D eigenvalue weighted by Gasteiger charge is 2.20. The van der Waals surface area contributed by atoms with Gasteiger partial charge in [0.2, 0.25) is 5.75 Å². The number of hydrogen-bond acceptors (Lipinski definition) is 6. The van der Waals surface area contributed by atoms with Crippen LogP contribution < -0.4 is 14.2 Å². The van der Waals surface area contributed by atoms with Gasteiger partial charge in [-0.3, -0.25) is 0 Å². The molecular weight excluding hydrogens is 346 g/mol. The van der Waals surface area contributed by atoms with Gasteiger partial charge in [0.25, 0.3) is 0 Å². The van der Waals surface area contributed by atoms with Crippen molar-refractivity contribution in [1.82, 2.24) is 9.97 Å². The lowest BCUT2D eigenvalue weighted by Gasteiger charge is -2.16. The van der Waals surface area contributed by atoms with E-state index in [4.69, 9.17) is 19.5 Å². The first kappa shape index (κ1) is 18.3. The zero-order valence-electron chi connectivity index (χ0n) is 15.2. The second kappa shape index (κ2) is 7.81. The third-order valence-electron chi connectivity index (χ3n) is 4.18. The fourth-order valence-electron chi connectivity index (χ4n) is 2.76. The van der Waals surface area contributed by atoms with Crippen LogP contribution in [0.25, 0.3) is 11.4 Å². The van der Waals surface area contributed by atoms with Gasteiger partial charge in [0.15, 0.2) is 11.5 Å². The summed E-state index contributed by atoms with van der Waals surface area (Å²) in [6.45, 7) is 0. The number of aliphatic hydroxyl groups excluding tert-OH is 1. The third-order valence-corrected chi connectivity index (χ3v) is 4.18. The summed E-state index contributed by atoms with van der Waals surface area (Å²) in [5.41, 5.74) is 2.48.